The smallest absolute Gasteiger partial charge is 0.213 e. The lowest BCUT2D eigenvalue weighted by molar-refractivity contribution is 0.166. The Hall–Kier alpha value is -2.80. The zero-order valence-electron chi connectivity index (χ0n) is 19.0. The number of rotatable bonds is 9. The highest BCUT2D eigenvalue weighted by atomic mass is 16.5. The Morgan fingerprint density at radius 1 is 1.23 bits per heavy atom. The van der Waals surface area contributed by atoms with Crippen LogP contribution in [-0.2, 0) is 17.8 Å². The second-order valence-corrected chi connectivity index (χ2v) is 8.10. The van der Waals surface area contributed by atoms with Gasteiger partial charge in [0.1, 0.15) is 5.75 Å². The third-order valence-electron chi connectivity index (χ3n) is 5.01. The van der Waals surface area contributed by atoms with Crippen molar-refractivity contribution in [2.45, 2.75) is 46.4 Å². The van der Waals surface area contributed by atoms with Gasteiger partial charge in [0, 0.05) is 50.5 Å². The van der Waals surface area contributed by atoms with E-state index in [4.69, 9.17) is 14.2 Å². The van der Waals surface area contributed by atoms with Gasteiger partial charge in [-0.2, -0.15) is 0 Å². The van der Waals surface area contributed by atoms with Gasteiger partial charge in [-0.1, -0.05) is 18.2 Å². The Kier molecular flexibility index (Phi) is 8.53. The third kappa shape index (κ3) is 7.43. The second kappa shape index (κ2) is 11.6. The lowest BCUT2D eigenvalue weighted by atomic mass is 10.1. The van der Waals surface area contributed by atoms with Crippen LogP contribution in [0.15, 0.2) is 41.5 Å². The second-order valence-electron chi connectivity index (χ2n) is 8.10. The molecule has 0 spiro atoms. The maximum Gasteiger partial charge on any atom is 0.213 e. The molecule has 0 saturated carbocycles. The van der Waals surface area contributed by atoms with Crippen molar-refractivity contribution in [1.82, 2.24) is 15.6 Å². The summed E-state index contributed by atoms with van der Waals surface area (Å²) < 4.78 is 17.2. The van der Waals surface area contributed by atoms with Gasteiger partial charge in [-0.15, -0.1) is 0 Å². The largest absolute Gasteiger partial charge is 0.493 e. The number of aromatic nitrogens is 1. The van der Waals surface area contributed by atoms with Gasteiger partial charge in [-0.3, -0.25) is 4.99 Å². The number of benzene rings is 1. The maximum atomic E-state index is 6.14. The van der Waals surface area contributed by atoms with Gasteiger partial charge in [-0.25, -0.2) is 4.98 Å². The van der Waals surface area contributed by atoms with Crippen molar-refractivity contribution in [3.63, 3.8) is 0 Å². The fourth-order valence-corrected chi connectivity index (χ4v) is 3.28. The summed E-state index contributed by atoms with van der Waals surface area (Å²) in [6.07, 6.45) is 2.99. The summed E-state index contributed by atoms with van der Waals surface area (Å²) in [4.78, 5) is 8.66. The molecular weight excluding hydrogens is 392 g/mol. The fourth-order valence-electron chi connectivity index (χ4n) is 3.28. The standard InChI is InChI=1S/C24H34N4O3/c1-17(2)31-23-8-6-19(12-26-23)13-27-24(25-4)28-14-21-7-5-18(3)11-22(21)30-16-20-9-10-29-15-20/h5-8,11-12,17,20H,9-10,13-16H2,1-4H3,(H2,25,27,28). The van der Waals surface area contributed by atoms with Gasteiger partial charge >= 0.3 is 0 Å². The Bertz CT molecular complexity index is 846. The molecular formula is C24H34N4O3. The summed E-state index contributed by atoms with van der Waals surface area (Å²) >= 11 is 0. The summed E-state index contributed by atoms with van der Waals surface area (Å²) in [5.74, 6) is 2.75. The molecule has 2 N–H and O–H groups in total. The molecule has 1 aromatic heterocycles. The van der Waals surface area contributed by atoms with E-state index in [1.54, 1.807) is 7.05 Å². The van der Waals surface area contributed by atoms with Gasteiger partial charge in [-0.05, 0) is 44.4 Å². The molecule has 0 aliphatic carbocycles. The van der Waals surface area contributed by atoms with Crippen molar-refractivity contribution >= 4 is 5.96 Å². The Balaban J connectivity index is 1.51. The number of aryl methyl sites for hydroxylation is 1. The molecule has 0 bridgehead atoms. The Labute approximate surface area is 185 Å². The van der Waals surface area contributed by atoms with E-state index in [2.05, 4.69) is 45.7 Å². The van der Waals surface area contributed by atoms with E-state index in [0.717, 1.165) is 42.5 Å². The van der Waals surface area contributed by atoms with Crippen LogP contribution in [-0.4, -0.2) is 43.9 Å². The molecule has 1 aromatic carbocycles. The van der Waals surface area contributed by atoms with Crippen LogP contribution in [0.2, 0.25) is 0 Å². The van der Waals surface area contributed by atoms with Gasteiger partial charge in [0.15, 0.2) is 5.96 Å². The number of aliphatic imine (C=N–C) groups is 1. The van der Waals surface area contributed by atoms with Crippen molar-refractivity contribution < 1.29 is 14.2 Å². The number of nitrogens with one attached hydrogen (secondary N) is 2. The number of ether oxygens (including phenoxy) is 3. The predicted molar refractivity (Wildman–Crippen MR) is 123 cm³/mol. The molecule has 1 saturated heterocycles. The van der Waals surface area contributed by atoms with Crippen molar-refractivity contribution in [2.75, 3.05) is 26.9 Å². The zero-order chi connectivity index (χ0) is 22.1. The minimum atomic E-state index is 0.113. The lowest BCUT2D eigenvalue weighted by Crippen LogP contribution is -2.36. The molecule has 1 aliphatic rings. The van der Waals surface area contributed by atoms with Crippen LogP contribution in [0.25, 0.3) is 0 Å². The van der Waals surface area contributed by atoms with Crippen LogP contribution in [0.1, 0.15) is 37.0 Å². The van der Waals surface area contributed by atoms with E-state index in [0.29, 0.717) is 31.5 Å². The zero-order valence-corrected chi connectivity index (χ0v) is 19.0. The van der Waals surface area contributed by atoms with Gasteiger partial charge in [0.05, 0.1) is 19.3 Å². The molecule has 0 radical (unpaired) electrons. The first-order valence-corrected chi connectivity index (χ1v) is 10.9. The molecule has 3 rings (SSSR count). The molecule has 0 amide bonds. The molecule has 2 aromatic rings. The van der Waals surface area contributed by atoms with Crippen molar-refractivity contribution in [3.8, 4) is 11.6 Å². The van der Waals surface area contributed by atoms with Crippen LogP contribution in [0.5, 0.6) is 11.6 Å². The summed E-state index contributed by atoms with van der Waals surface area (Å²) in [7, 11) is 1.76. The number of nitrogens with zero attached hydrogens (tertiary/aromatic N) is 2. The molecule has 2 heterocycles. The first-order valence-electron chi connectivity index (χ1n) is 10.9. The predicted octanol–water partition coefficient (Wildman–Crippen LogP) is 3.46. The van der Waals surface area contributed by atoms with E-state index >= 15 is 0 Å². The van der Waals surface area contributed by atoms with E-state index < -0.39 is 0 Å². The van der Waals surface area contributed by atoms with Crippen LogP contribution in [0, 0.1) is 12.8 Å². The highest BCUT2D eigenvalue weighted by Gasteiger charge is 2.17. The Morgan fingerprint density at radius 3 is 2.74 bits per heavy atom. The average molecular weight is 427 g/mol. The summed E-state index contributed by atoms with van der Waals surface area (Å²) in [5, 5.41) is 6.69. The lowest BCUT2D eigenvalue weighted by Gasteiger charge is -2.17. The third-order valence-corrected chi connectivity index (χ3v) is 5.01. The summed E-state index contributed by atoms with van der Waals surface area (Å²) in [6.45, 7) is 9.60. The monoisotopic (exact) mass is 426 g/mol. The van der Waals surface area contributed by atoms with Gasteiger partial charge in [0.25, 0.3) is 0 Å². The molecule has 7 heteroatoms. The average Bonchev–Trinajstić information content (AvgIpc) is 3.28. The van der Waals surface area contributed by atoms with Gasteiger partial charge in [0.2, 0.25) is 5.88 Å². The Morgan fingerprint density at radius 2 is 2.06 bits per heavy atom. The molecule has 7 nitrogen and oxygen atoms in total. The minimum absolute atomic E-state index is 0.113. The van der Waals surface area contributed by atoms with Gasteiger partial charge < -0.3 is 24.8 Å². The highest BCUT2D eigenvalue weighted by molar-refractivity contribution is 5.79. The van der Waals surface area contributed by atoms with E-state index in [1.807, 2.05) is 32.2 Å². The maximum absolute atomic E-state index is 6.14. The van der Waals surface area contributed by atoms with Crippen molar-refractivity contribution in [3.05, 3.63) is 53.2 Å². The SMILES string of the molecule is CN=C(NCc1ccc(OC(C)C)nc1)NCc1ccc(C)cc1OCC1CCOC1. The molecule has 1 aliphatic heterocycles. The highest BCUT2D eigenvalue weighted by Crippen LogP contribution is 2.22. The molecule has 1 fully saturated rings. The molecule has 1 atom stereocenters. The van der Waals surface area contributed by atoms with Crippen LogP contribution in [0.4, 0.5) is 0 Å². The van der Waals surface area contributed by atoms with Crippen molar-refractivity contribution in [1.29, 1.82) is 0 Å². The number of guanidine groups is 1. The molecule has 168 valence electrons. The first kappa shape index (κ1) is 22.9. The normalized spacial score (nSPS) is 16.4. The topological polar surface area (TPSA) is 77.0 Å². The quantitative estimate of drug-likeness (QED) is 0.472. The van der Waals surface area contributed by atoms with E-state index in [9.17, 15) is 0 Å². The summed E-state index contributed by atoms with van der Waals surface area (Å²) in [6, 6.07) is 10.2. The van der Waals surface area contributed by atoms with E-state index in [-0.39, 0.29) is 6.10 Å². The van der Waals surface area contributed by atoms with Crippen LogP contribution < -0.4 is 20.1 Å². The van der Waals surface area contributed by atoms with E-state index in [1.165, 1.54) is 5.56 Å². The minimum Gasteiger partial charge on any atom is -0.493 e. The number of pyridine rings is 1. The number of hydrogen-bond acceptors (Lipinski definition) is 5. The number of hydrogen-bond donors (Lipinski definition) is 2. The fraction of sp³-hybridized carbons (Fsp3) is 0.500. The van der Waals surface area contributed by atoms with Crippen LogP contribution in [0.3, 0.4) is 0 Å². The summed E-state index contributed by atoms with van der Waals surface area (Å²) in [5.41, 5.74) is 3.34. The first-order chi connectivity index (χ1) is 15.0. The molecule has 31 heavy (non-hydrogen) atoms. The van der Waals surface area contributed by atoms with Crippen molar-refractivity contribution in [2.24, 2.45) is 10.9 Å². The molecule has 1 unspecified atom stereocenters. The van der Waals surface area contributed by atoms with Crippen LogP contribution >= 0.6 is 0 Å².